The van der Waals surface area contributed by atoms with Crippen LogP contribution < -0.4 is 0 Å². The maximum Gasteiger partial charge on any atom is 0.416 e. The van der Waals surface area contributed by atoms with Crippen LogP contribution in [-0.2, 0) is 12.4 Å². The van der Waals surface area contributed by atoms with Crippen molar-refractivity contribution in [3.63, 3.8) is 0 Å². The Labute approximate surface area is 131 Å². The molecule has 0 unspecified atom stereocenters. The maximum atomic E-state index is 12.8. The molecule has 1 heterocycles. The van der Waals surface area contributed by atoms with Crippen molar-refractivity contribution in [2.45, 2.75) is 12.4 Å². The number of nitrogens with one attached hydrogen (secondary N) is 1. The van der Waals surface area contributed by atoms with Gasteiger partial charge >= 0.3 is 12.4 Å². The predicted octanol–water partition coefficient (Wildman–Crippen LogP) is 5.32. The molecule has 1 N–H and O–H groups in total. The van der Waals surface area contributed by atoms with Gasteiger partial charge in [0.25, 0.3) is 0 Å². The number of benzene rings is 1. The Morgan fingerprint density at radius 1 is 0.913 bits per heavy atom. The molecular weight excluding hydrogens is 342 g/mol. The summed E-state index contributed by atoms with van der Waals surface area (Å²) in [5, 5.41) is 8.75. The Morgan fingerprint density at radius 3 is 1.83 bits per heavy atom. The van der Waals surface area contributed by atoms with E-state index < -0.39 is 23.5 Å². The normalized spacial score (nSPS) is 12.0. The Hall–Kier alpha value is -2.34. The minimum absolute atomic E-state index is 0.0434. The maximum absolute atomic E-state index is 12.8. The van der Waals surface area contributed by atoms with Crippen LogP contribution in [0.15, 0.2) is 30.3 Å². The molecule has 0 saturated heterocycles. The van der Waals surface area contributed by atoms with Crippen LogP contribution in [0.5, 0.6) is 0 Å². The molecule has 2 rings (SSSR count). The minimum Gasteiger partial charge on any atom is -0.345 e. The number of nitriles is 1. The average molecular weight is 348 g/mol. The Kier molecular flexibility index (Phi) is 4.22. The SMILES string of the molecule is N#Cc1ccc(-c2cc(C(F)(F)F)cc(C(F)(F)F)c2)[nH]c1=S. The molecule has 2 aromatic rings. The molecule has 0 aliphatic carbocycles. The molecule has 0 radical (unpaired) electrons. The number of hydrogen-bond acceptors (Lipinski definition) is 2. The van der Waals surface area contributed by atoms with E-state index in [1.165, 1.54) is 12.1 Å². The van der Waals surface area contributed by atoms with Gasteiger partial charge in [0.2, 0.25) is 0 Å². The number of aromatic amines is 1. The molecule has 0 aliphatic heterocycles. The molecule has 0 aliphatic rings. The zero-order valence-electron chi connectivity index (χ0n) is 11.0. The van der Waals surface area contributed by atoms with Crippen LogP contribution in [0.2, 0.25) is 0 Å². The lowest BCUT2D eigenvalue weighted by Crippen LogP contribution is -2.11. The second kappa shape index (κ2) is 5.70. The Balaban J connectivity index is 2.69. The third-order valence-electron chi connectivity index (χ3n) is 2.93. The summed E-state index contributed by atoms with van der Waals surface area (Å²) in [5.41, 5.74) is -3.17. The lowest BCUT2D eigenvalue weighted by molar-refractivity contribution is -0.143. The highest BCUT2D eigenvalue weighted by molar-refractivity contribution is 7.71. The van der Waals surface area contributed by atoms with Gasteiger partial charge in [0.05, 0.1) is 16.7 Å². The standard InChI is InChI=1S/C14H6F6N2S/c15-13(16,17)9-3-8(4-10(5-9)14(18,19)20)11-2-1-7(6-21)12(23)22-11/h1-5H,(H,22,23). The number of rotatable bonds is 1. The van der Waals surface area contributed by atoms with Crippen LogP contribution in [-0.4, -0.2) is 4.98 Å². The van der Waals surface area contributed by atoms with E-state index in [1.807, 2.05) is 0 Å². The topological polar surface area (TPSA) is 39.6 Å². The van der Waals surface area contributed by atoms with Gasteiger partial charge in [-0.25, -0.2) is 0 Å². The van der Waals surface area contributed by atoms with Crippen molar-refractivity contribution in [2.75, 3.05) is 0 Å². The summed E-state index contributed by atoms with van der Waals surface area (Å²) in [7, 11) is 0. The lowest BCUT2D eigenvalue weighted by atomic mass is 10.0. The first-order valence-electron chi connectivity index (χ1n) is 5.95. The predicted molar refractivity (Wildman–Crippen MR) is 71.8 cm³/mol. The summed E-state index contributed by atoms with van der Waals surface area (Å²) < 4.78 is 76.8. The molecule has 1 aromatic heterocycles. The van der Waals surface area contributed by atoms with Gasteiger partial charge in [0, 0.05) is 5.69 Å². The summed E-state index contributed by atoms with van der Waals surface area (Å²) in [6, 6.07) is 5.39. The minimum atomic E-state index is -4.93. The molecule has 120 valence electrons. The summed E-state index contributed by atoms with van der Waals surface area (Å²) >= 11 is 4.83. The lowest BCUT2D eigenvalue weighted by Gasteiger charge is -2.14. The van der Waals surface area contributed by atoms with Crippen LogP contribution in [0.1, 0.15) is 16.7 Å². The monoisotopic (exact) mass is 348 g/mol. The Morgan fingerprint density at radius 2 is 1.43 bits per heavy atom. The van der Waals surface area contributed by atoms with Gasteiger partial charge < -0.3 is 4.98 Å². The fourth-order valence-corrected chi connectivity index (χ4v) is 2.06. The van der Waals surface area contributed by atoms with Gasteiger partial charge in [-0.1, -0.05) is 12.2 Å². The van der Waals surface area contributed by atoms with E-state index in [9.17, 15) is 26.3 Å². The Bertz CT molecular complexity index is 810. The highest BCUT2D eigenvalue weighted by atomic mass is 32.1. The van der Waals surface area contributed by atoms with Crippen molar-refractivity contribution in [3.8, 4) is 17.3 Å². The van der Waals surface area contributed by atoms with E-state index >= 15 is 0 Å². The molecule has 23 heavy (non-hydrogen) atoms. The fraction of sp³-hybridized carbons (Fsp3) is 0.143. The van der Waals surface area contributed by atoms with E-state index in [-0.39, 0.29) is 27.5 Å². The molecular formula is C14H6F6N2S. The van der Waals surface area contributed by atoms with Gasteiger partial charge in [-0.3, -0.25) is 0 Å². The summed E-state index contributed by atoms with van der Waals surface area (Å²) in [6.07, 6.45) is -9.86. The quantitative estimate of drug-likeness (QED) is 0.560. The first-order valence-corrected chi connectivity index (χ1v) is 6.36. The van der Waals surface area contributed by atoms with Crippen LogP contribution >= 0.6 is 12.2 Å². The van der Waals surface area contributed by atoms with Gasteiger partial charge in [-0.2, -0.15) is 31.6 Å². The number of alkyl halides is 6. The summed E-state index contributed by atoms with van der Waals surface area (Å²) in [5.74, 6) is 0. The number of H-pyrrole nitrogens is 1. The van der Waals surface area contributed by atoms with Crippen molar-refractivity contribution < 1.29 is 26.3 Å². The molecule has 0 amide bonds. The summed E-state index contributed by atoms with van der Waals surface area (Å²) in [4.78, 5) is 2.46. The van der Waals surface area contributed by atoms with Gasteiger partial charge in [0.15, 0.2) is 0 Å². The van der Waals surface area contributed by atoms with Crippen LogP contribution in [0, 0.1) is 16.0 Å². The molecule has 9 heteroatoms. The highest BCUT2D eigenvalue weighted by Gasteiger charge is 2.37. The van der Waals surface area contributed by atoms with Crippen molar-refractivity contribution >= 4 is 12.2 Å². The third kappa shape index (κ3) is 3.71. The van der Waals surface area contributed by atoms with E-state index in [1.54, 1.807) is 6.07 Å². The van der Waals surface area contributed by atoms with E-state index in [0.29, 0.717) is 12.1 Å². The first kappa shape index (κ1) is 17.0. The molecule has 1 aromatic carbocycles. The second-order valence-electron chi connectivity index (χ2n) is 4.52. The fourth-order valence-electron chi connectivity index (χ4n) is 1.84. The molecule has 0 atom stereocenters. The number of halogens is 6. The van der Waals surface area contributed by atoms with Crippen molar-refractivity contribution in [2.24, 2.45) is 0 Å². The molecule has 0 bridgehead atoms. The number of nitrogens with zero attached hydrogens (tertiary/aromatic N) is 1. The number of aromatic nitrogens is 1. The van der Waals surface area contributed by atoms with Crippen molar-refractivity contribution in [1.29, 1.82) is 5.26 Å². The number of hydrogen-bond donors (Lipinski definition) is 1. The van der Waals surface area contributed by atoms with E-state index in [2.05, 4.69) is 4.98 Å². The van der Waals surface area contributed by atoms with Gasteiger partial charge in [-0.05, 0) is 35.9 Å². The highest BCUT2D eigenvalue weighted by Crippen LogP contribution is 2.38. The zero-order chi connectivity index (χ0) is 17.4. The average Bonchev–Trinajstić information content (AvgIpc) is 2.45. The van der Waals surface area contributed by atoms with Crippen LogP contribution in [0.4, 0.5) is 26.3 Å². The smallest absolute Gasteiger partial charge is 0.345 e. The third-order valence-corrected chi connectivity index (χ3v) is 3.25. The molecule has 0 fully saturated rings. The number of pyridine rings is 1. The molecule has 2 nitrogen and oxygen atoms in total. The van der Waals surface area contributed by atoms with E-state index in [0.717, 1.165) is 0 Å². The van der Waals surface area contributed by atoms with Crippen molar-refractivity contribution in [1.82, 2.24) is 4.98 Å². The van der Waals surface area contributed by atoms with Crippen molar-refractivity contribution in [3.05, 3.63) is 51.7 Å². The second-order valence-corrected chi connectivity index (χ2v) is 4.93. The van der Waals surface area contributed by atoms with Crippen LogP contribution in [0.25, 0.3) is 11.3 Å². The van der Waals surface area contributed by atoms with Gasteiger partial charge in [-0.15, -0.1) is 0 Å². The molecule has 0 spiro atoms. The molecule has 0 saturated carbocycles. The zero-order valence-corrected chi connectivity index (χ0v) is 11.8. The first-order chi connectivity index (χ1) is 10.5. The van der Waals surface area contributed by atoms with Gasteiger partial charge in [0.1, 0.15) is 10.7 Å². The largest absolute Gasteiger partial charge is 0.416 e. The summed E-state index contributed by atoms with van der Waals surface area (Å²) in [6.45, 7) is 0. The van der Waals surface area contributed by atoms with Crippen LogP contribution in [0.3, 0.4) is 0 Å². The van der Waals surface area contributed by atoms with E-state index in [4.69, 9.17) is 17.5 Å².